The van der Waals surface area contributed by atoms with Crippen LogP contribution in [0.1, 0.15) is 25.7 Å². The van der Waals surface area contributed by atoms with E-state index in [2.05, 4.69) is 20.9 Å². The van der Waals surface area contributed by atoms with E-state index in [9.17, 15) is 14.0 Å². The van der Waals surface area contributed by atoms with Gasteiger partial charge >= 0.3 is 0 Å². The van der Waals surface area contributed by atoms with Gasteiger partial charge in [0, 0.05) is 18.8 Å². The third kappa shape index (κ3) is 5.51. The van der Waals surface area contributed by atoms with E-state index in [0.717, 1.165) is 45.3 Å². The quantitative estimate of drug-likeness (QED) is 0.714. The molecule has 0 bridgehead atoms. The largest absolute Gasteiger partial charge is 0.354 e. The summed E-state index contributed by atoms with van der Waals surface area (Å²) in [4.78, 5) is 26.4. The van der Waals surface area contributed by atoms with Gasteiger partial charge in [0.05, 0.1) is 12.6 Å². The van der Waals surface area contributed by atoms with Gasteiger partial charge in [0.25, 0.3) is 0 Å². The molecule has 2 saturated heterocycles. The molecule has 3 rings (SSSR count). The SMILES string of the molecule is O=C(CN1CCCC(CNC(=O)C2CCCN2)C1)Nc1cccc(F)c1. The standard InChI is InChI=1S/C19H27FN4O2/c20-15-5-1-6-16(10-15)23-18(25)13-24-9-3-4-14(12-24)11-22-19(26)17-7-2-8-21-17/h1,5-6,10,14,17,21H,2-4,7-9,11-13H2,(H,22,26)(H,23,25). The Bertz CT molecular complexity index is 634. The summed E-state index contributed by atoms with van der Waals surface area (Å²) in [6, 6.07) is 5.85. The molecule has 1 aromatic rings. The second kappa shape index (κ2) is 9.09. The number of rotatable bonds is 6. The normalized spacial score (nSPS) is 23.6. The van der Waals surface area contributed by atoms with E-state index in [-0.39, 0.29) is 30.2 Å². The minimum absolute atomic E-state index is 0.0493. The van der Waals surface area contributed by atoms with Gasteiger partial charge in [-0.1, -0.05) is 6.07 Å². The number of carbonyl (C=O) groups excluding carboxylic acids is 2. The van der Waals surface area contributed by atoms with Gasteiger partial charge in [0.1, 0.15) is 5.82 Å². The Morgan fingerprint density at radius 3 is 2.92 bits per heavy atom. The number of halogens is 1. The van der Waals surface area contributed by atoms with Crippen molar-refractivity contribution in [3.8, 4) is 0 Å². The lowest BCUT2D eigenvalue weighted by atomic mass is 9.98. The van der Waals surface area contributed by atoms with Crippen LogP contribution in [0.3, 0.4) is 0 Å². The first-order valence-electron chi connectivity index (χ1n) is 9.39. The van der Waals surface area contributed by atoms with Gasteiger partial charge in [-0.15, -0.1) is 0 Å². The Morgan fingerprint density at radius 2 is 2.15 bits per heavy atom. The lowest BCUT2D eigenvalue weighted by molar-refractivity contribution is -0.123. The number of likely N-dealkylation sites (tertiary alicyclic amines) is 1. The molecule has 2 fully saturated rings. The number of amides is 2. The van der Waals surface area contributed by atoms with Crippen LogP contribution in [-0.4, -0.2) is 55.5 Å². The third-order valence-corrected chi connectivity index (χ3v) is 5.02. The Balaban J connectivity index is 1.41. The molecular formula is C19H27FN4O2. The molecule has 0 spiro atoms. The summed E-state index contributed by atoms with van der Waals surface area (Å²) < 4.78 is 13.2. The van der Waals surface area contributed by atoms with E-state index in [1.807, 2.05) is 0 Å². The topological polar surface area (TPSA) is 73.5 Å². The van der Waals surface area contributed by atoms with E-state index in [1.165, 1.54) is 12.1 Å². The van der Waals surface area contributed by atoms with Crippen LogP contribution < -0.4 is 16.0 Å². The first-order chi connectivity index (χ1) is 12.6. The molecule has 0 aromatic heterocycles. The molecule has 2 atom stereocenters. The maximum atomic E-state index is 13.2. The predicted molar refractivity (Wildman–Crippen MR) is 98.2 cm³/mol. The molecule has 26 heavy (non-hydrogen) atoms. The zero-order valence-corrected chi connectivity index (χ0v) is 15.0. The van der Waals surface area contributed by atoms with Crippen LogP contribution in [-0.2, 0) is 9.59 Å². The molecule has 0 radical (unpaired) electrons. The smallest absolute Gasteiger partial charge is 0.238 e. The minimum Gasteiger partial charge on any atom is -0.354 e. The van der Waals surface area contributed by atoms with Crippen molar-refractivity contribution in [1.29, 1.82) is 0 Å². The molecule has 2 heterocycles. The highest BCUT2D eigenvalue weighted by Crippen LogP contribution is 2.16. The molecule has 7 heteroatoms. The summed E-state index contributed by atoms with van der Waals surface area (Å²) in [5.74, 6) is -0.0664. The number of nitrogens with zero attached hydrogens (tertiary/aromatic N) is 1. The highest BCUT2D eigenvalue weighted by atomic mass is 19.1. The van der Waals surface area contributed by atoms with Crippen molar-refractivity contribution in [3.05, 3.63) is 30.1 Å². The van der Waals surface area contributed by atoms with Gasteiger partial charge in [-0.2, -0.15) is 0 Å². The average molecular weight is 362 g/mol. The Kier molecular flexibility index (Phi) is 6.57. The number of carbonyl (C=O) groups is 2. The van der Waals surface area contributed by atoms with Gasteiger partial charge in [-0.05, 0) is 62.9 Å². The Morgan fingerprint density at radius 1 is 1.27 bits per heavy atom. The monoisotopic (exact) mass is 362 g/mol. The van der Waals surface area contributed by atoms with Crippen molar-refractivity contribution in [2.24, 2.45) is 5.92 Å². The number of hydrogen-bond acceptors (Lipinski definition) is 4. The second-order valence-corrected chi connectivity index (χ2v) is 7.20. The van der Waals surface area contributed by atoms with Crippen LogP contribution in [0.2, 0.25) is 0 Å². The van der Waals surface area contributed by atoms with E-state index in [0.29, 0.717) is 18.2 Å². The van der Waals surface area contributed by atoms with Crippen molar-refractivity contribution < 1.29 is 14.0 Å². The van der Waals surface area contributed by atoms with Crippen LogP contribution >= 0.6 is 0 Å². The Labute approximate surface area is 153 Å². The zero-order chi connectivity index (χ0) is 18.4. The number of hydrogen-bond donors (Lipinski definition) is 3. The number of piperidine rings is 1. The molecule has 2 aliphatic heterocycles. The van der Waals surface area contributed by atoms with E-state index in [1.54, 1.807) is 12.1 Å². The lowest BCUT2D eigenvalue weighted by Crippen LogP contribution is -2.46. The first kappa shape index (κ1) is 18.8. The van der Waals surface area contributed by atoms with Crippen molar-refractivity contribution in [1.82, 2.24) is 15.5 Å². The third-order valence-electron chi connectivity index (χ3n) is 5.02. The van der Waals surface area contributed by atoms with Crippen LogP contribution in [0, 0.1) is 11.7 Å². The maximum absolute atomic E-state index is 13.2. The van der Waals surface area contributed by atoms with Crippen molar-refractivity contribution in [3.63, 3.8) is 0 Å². The number of benzene rings is 1. The fourth-order valence-corrected chi connectivity index (χ4v) is 3.71. The van der Waals surface area contributed by atoms with Gasteiger partial charge in [-0.25, -0.2) is 4.39 Å². The molecular weight excluding hydrogens is 335 g/mol. The van der Waals surface area contributed by atoms with Crippen molar-refractivity contribution >= 4 is 17.5 Å². The molecule has 142 valence electrons. The Hall–Kier alpha value is -1.99. The van der Waals surface area contributed by atoms with Crippen LogP contribution in [0.5, 0.6) is 0 Å². The number of nitrogens with one attached hydrogen (secondary N) is 3. The van der Waals surface area contributed by atoms with E-state index >= 15 is 0 Å². The average Bonchev–Trinajstić information content (AvgIpc) is 3.14. The molecule has 2 unspecified atom stereocenters. The van der Waals surface area contributed by atoms with E-state index in [4.69, 9.17) is 0 Å². The molecule has 6 nitrogen and oxygen atoms in total. The molecule has 2 aliphatic rings. The summed E-state index contributed by atoms with van der Waals surface area (Å²) in [6.07, 6.45) is 4.02. The summed E-state index contributed by atoms with van der Waals surface area (Å²) in [5.41, 5.74) is 0.472. The number of anilines is 1. The van der Waals surface area contributed by atoms with Crippen LogP contribution in [0.4, 0.5) is 10.1 Å². The molecule has 3 N–H and O–H groups in total. The zero-order valence-electron chi connectivity index (χ0n) is 15.0. The second-order valence-electron chi connectivity index (χ2n) is 7.20. The van der Waals surface area contributed by atoms with Gasteiger partial charge < -0.3 is 16.0 Å². The molecule has 0 saturated carbocycles. The fraction of sp³-hybridized carbons (Fsp3) is 0.579. The van der Waals surface area contributed by atoms with Crippen LogP contribution in [0.15, 0.2) is 24.3 Å². The highest BCUT2D eigenvalue weighted by molar-refractivity contribution is 5.92. The minimum atomic E-state index is -0.367. The van der Waals surface area contributed by atoms with Gasteiger partial charge in [0.15, 0.2) is 0 Å². The molecule has 1 aromatic carbocycles. The van der Waals surface area contributed by atoms with Crippen LogP contribution in [0.25, 0.3) is 0 Å². The van der Waals surface area contributed by atoms with Crippen molar-refractivity contribution in [2.75, 3.05) is 38.0 Å². The van der Waals surface area contributed by atoms with Crippen molar-refractivity contribution in [2.45, 2.75) is 31.7 Å². The predicted octanol–water partition coefficient (Wildman–Crippen LogP) is 1.34. The summed E-state index contributed by atoms with van der Waals surface area (Å²) in [7, 11) is 0. The summed E-state index contributed by atoms with van der Waals surface area (Å²) in [6.45, 7) is 3.50. The van der Waals surface area contributed by atoms with Gasteiger partial charge in [0.2, 0.25) is 11.8 Å². The molecule has 0 aliphatic carbocycles. The first-order valence-corrected chi connectivity index (χ1v) is 9.39. The molecule has 2 amide bonds. The summed E-state index contributed by atoms with van der Waals surface area (Å²) in [5, 5.41) is 8.98. The fourth-order valence-electron chi connectivity index (χ4n) is 3.71. The van der Waals surface area contributed by atoms with Gasteiger partial charge in [-0.3, -0.25) is 14.5 Å². The van der Waals surface area contributed by atoms with E-state index < -0.39 is 0 Å². The maximum Gasteiger partial charge on any atom is 0.238 e. The summed E-state index contributed by atoms with van der Waals surface area (Å²) >= 11 is 0. The highest BCUT2D eigenvalue weighted by Gasteiger charge is 2.25. The lowest BCUT2D eigenvalue weighted by Gasteiger charge is -2.32.